The number of halogens is 1. The lowest BCUT2D eigenvalue weighted by atomic mass is 10.2. The predicted molar refractivity (Wildman–Crippen MR) is 75.6 cm³/mol. The topological polar surface area (TPSA) is 15.3 Å². The Morgan fingerprint density at radius 2 is 1.88 bits per heavy atom. The van der Waals surface area contributed by atoms with Crippen molar-refractivity contribution in [1.29, 1.82) is 0 Å². The average Bonchev–Trinajstić information content (AvgIpc) is 2.32. The van der Waals surface area contributed by atoms with Gasteiger partial charge in [-0.2, -0.15) is 0 Å². The summed E-state index contributed by atoms with van der Waals surface area (Å²) in [6.07, 6.45) is 2.50. The molecule has 0 atom stereocenters. The second kappa shape index (κ2) is 8.51. The Morgan fingerprint density at radius 3 is 2.53 bits per heavy atom. The molecule has 17 heavy (non-hydrogen) atoms. The summed E-state index contributed by atoms with van der Waals surface area (Å²) >= 11 is 5.86. The van der Waals surface area contributed by atoms with Crippen molar-refractivity contribution in [2.75, 3.05) is 26.7 Å². The molecule has 0 saturated carbocycles. The van der Waals surface area contributed by atoms with Crippen LogP contribution in [0.5, 0.6) is 0 Å². The van der Waals surface area contributed by atoms with E-state index in [1.54, 1.807) is 0 Å². The fourth-order valence-electron chi connectivity index (χ4n) is 1.79. The molecule has 3 heteroatoms. The van der Waals surface area contributed by atoms with Crippen LogP contribution in [0, 0.1) is 0 Å². The van der Waals surface area contributed by atoms with Crippen LogP contribution in [0.3, 0.4) is 0 Å². The second-order valence-corrected chi connectivity index (χ2v) is 4.86. The van der Waals surface area contributed by atoms with Crippen molar-refractivity contribution in [3.8, 4) is 0 Å². The molecule has 0 aromatic heterocycles. The van der Waals surface area contributed by atoms with E-state index in [1.165, 1.54) is 18.4 Å². The molecule has 0 aliphatic carbocycles. The van der Waals surface area contributed by atoms with Crippen LogP contribution in [0.2, 0.25) is 5.02 Å². The fourth-order valence-corrected chi connectivity index (χ4v) is 1.92. The minimum Gasteiger partial charge on any atom is -0.317 e. The van der Waals surface area contributed by atoms with Gasteiger partial charge in [-0.3, -0.25) is 0 Å². The molecule has 0 spiro atoms. The summed E-state index contributed by atoms with van der Waals surface area (Å²) < 4.78 is 0. The summed E-state index contributed by atoms with van der Waals surface area (Å²) in [5.41, 5.74) is 1.32. The van der Waals surface area contributed by atoms with Crippen molar-refractivity contribution in [3.05, 3.63) is 34.9 Å². The van der Waals surface area contributed by atoms with Gasteiger partial charge in [0.05, 0.1) is 0 Å². The molecule has 0 amide bonds. The molecule has 2 nitrogen and oxygen atoms in total. The third-order valence-electron chi connectivity index (χ3n) is 2.76. The van der Waals surface area contributed by atoms with E-state index in [9.17, 15) is 0 Å². The molecule has 1 rings (SSSR count). The molecular weight excluding hydrogens is 232 g/mol. The lowest BCUT2D eigenvalue weighted by molar-refractivity contribution is 0.318. The molecule has 1 aromatic rings. The monoisotopic (exact) mass is 254 g/mol. The van der Waals surface area contributed by atoms with Gasteiger partial charge in [-0.05, 0) is 57.2 Å². The van der Waals surface area contributed by atoms with E-state index in [1.807, 2.05) is 12.1 Å². The summed E-state index contributed by atoms with van der Waals surface area (Å²) in [7, 11) is 2.17. The smallest absolute Gasteiger partial charge is 0.0406 e. The summed E-state index contributed by atoms with van der Waals surface area (Å²) in [6, 6.07) is 8.10. The van der Waals surface area contributed by atoms with E-state index in [0.717, 1.165) is 31.2 Å². The van der Waals surface area contributed by atoms with Crippen LogP contribution in [-0.4, -0.2) is 31.6 Å². The van der Waals surface area contributed by atoms with Gasteiger partial charge in [0, 0.05) is 11.6 Å². The highest BCUT2D eigenvalue weighted by atomic mass is 35.5. The highest BCUT2D eigenvalue weighted by Crippen LogP contribution is 2.11. The van der Waals surface area contributed by atoms with E-state index in [0.29, 0.717) is 0 Å². The largest absolute Gasteiger partial charge is 0.317 e. The highest BCUT2D eigenvalue weighted by molar-refractivity contribution is 6.30. The van der Waals surface area contributed by atoms with Crippen molar-refractivity contribution in [2.24, 2.45) is 0 Å². The van der Waals surface area contributed by atoms with Crippen LogP contribution in [-0.2, 0) is 6.54 Å². The summed E-state index contributed by atoms with van der Waals surface area (Å²) in [5.74, 6) is 0. The van der Waals surface area contributed by atoms with Crippen LogP contribution >= 0.6 is 11.6 Å². The Balaban J connectivity index is 2.16. The maximum atomic E-state index is 5.86. The molecule has 96 valence electrons. The first-order chi connectivity index (χ1) is 8.22. The van der Waals surface area contributed by atoms with Crippen LogP contribution < -0.4 is 5.32 Å². The Kier molecular flexibility index (Phi) is 7.25. The molecule has 0 aliphatic rings. The first-order valence-corrected chi connectivity index (χ1v) is 6.74. The molecule has 0 saturated heterocycles. The first-order valence-electron chi connectivity index (χ1n) is 6.36. The summed E-state index contributed by atoms with van der Waals surface area (Å²) in [4.78, 5) is 2.36. The normalized spacial score (nSPS) is 11.1. The fraction of sp³-hybridized carbons (Fsp3) is 0.571. The first kappa shape index (κ1) is 14.5. The zero-order chi connectivity index (χ0) is 12.5. The van der Waals surface area contributed by atoms with Gasteiger partial charge in [-0.1, -0.05) is 30.7 Å². The molecule has 0 fully saturated rings. The Morgan fingerprint density at radius 1 is 1.18 bits per heavy atom. The van der Waals surface area contributed by atoms with E-state index in [4.69, 9.17) is 11.6 Å². The summed E-state index contributed by atoms with van der Waals surface area (Å²) in [6.45, 7) is 6.49. The molecule has 0 aliphatic heterocycles. The lowest BCUT2D eigenvalue weighted by Gasteiger charge is -2.16. The van der Waals surface area contributed by atoms with E-state index in [-0.39, 0.29) is 0 Å². The number of hydrogen-bond acceptors (Lipinski definition) is 2. The van der Waals surface area contributed by atoms with Gasteiger partial charge in [0.25, 0.3) is 0 Å². The quantitative estimate of drug-likeness (QED) is 0.717. The van der Waals surface area contributed by atoms with E-state index in [2.05, 4.69) is 36.3 Å². The third kappa shape index (κ3) is 6.67. The number of unbranched alkanes of at least 4 members (excludes halogenated alkanes) is 1. The minimum absolute atomic E-state index is 0.807. The van der Waals surface area contributed by atoms with E-state index >= 15 is 0 Å². The standard InChI is InChI=1S/C14H23ClN2/c1-3-16-10-4-5-11-17(2)12-13-6-8-14(15)9-7-13/h6-9,16H,3-5,10-12H2,1-2H3. The van der Waals surface area contributed by atoms with Crippen LogP contribution in [0.15, 0.2) is 24.3 Å². The van der Waals surface area contributed by atoms with Crippen molar-refractivity contribution in [3.63, 3.8) is 0 Å². The minimum atomic E-state index is 0.807. The Hall–Kier alpha value is -0.570. The van der Waals surface area contributed by atoms with Gasteiger partial charge in [0.2, 0.25) is 0 Å². The van der Waals surface area contributed by atoms with Crippen molar-refractivity contribution >= 4 is 11.6 Å². The van der Waals surface area contributed by atoms with Crippen LogP contribution in [0.1, 0.15) is 25.3 Å². The maximum absolute atomic E-state index is 5.86. The second-order valence-electron chi connectivity index (χ2n) is 4.42. The van der Waals surface area contributed by atoms with Crippen molar-refractivity contribution in [2.45, 2.75) is 26.3 Å². The molecule has 0 radical (unpaired) electrons. The van der Waals surface area contributed by atoms with E-state index < -0.39 is 0 Å². The molecule has 0 bridgehead atoms. The SMILES string of the molecule is CCNCCCCN(C)Cc1ccc(Cl)cc1. The highest BCUT2D eigenvalue weighted by Gasteiger charge is 2.00. The van der Waals surface area contributed by atoms with Gasteiger partial charge < -0.3 is 10.2 Å². The molecular formula is C14H23ClN2. The van der Waals surface area contributed by atoms with Crippen molar-refractivity contribution in [1.82, 2.24) is 10.2 Å². The zero-order valence-electron chi connectivity index (χ0n) is 10.9. The number of hydrogen-bond donors (Lipinski definition) is 1. The molecule has 0 unspecified atom stereocenters. The maximum Gasteiger partial charge on any atom is 0.0406 e. The van der Waals surface area contributed by atoms with Gasteiger partial charge >= 0.3 is 0 Å². The zero-order valence-corrected chi connectivity index (χ0v) is 11.6. The predicted octanol–water partition coefficient (Wildman–Crippen LogP) is 3.16. The Bertz CT molecular complexity index is 298. The third-order valence-corrected chi connectivity index (χ3v) is 3.01. The van der Waals surface area contributed by atoms with Gasteiger partial charge in [-0.25, -0.2) is 0 Å². The average molecular weight is 255 g/mol. The number of rotatable bonds is 8. The van der Waals surface area contributed by atoms with Crippen LogP contribution in [0.25, 0.3) is 0 Å². The lowest BCUT2D eigenvalue weighted by Crippen LogP contribution is -2.21. The molecule has 1 aromatic carbocycles. The van der Waals surface area contributed by atoms with Crippen molar-refractivity contribution < 1.29 is 0 Å². The van der Waals surface area contributed by atoms with Gasteiger partial charge in [0.15, 0.2) is 0 Å². The number of nitrogens with one attached hydrogen (secondary N) is 1. The van der Waals surface area contributed by atoms with Gasteiger partial charge in [0.1, 0.15) is 0 Å². The van der Waals surface area contributed by atoms with Gasteiger partial charge in [-0.15, -0.1) is 0 Å². The number of nitrogens with zero attached hydrogens (tertiary/aromatic N) is 1. The molecule has 1 N–H and O–H groups in total. The Labute approximate surface area is 110 Å². The van der Waals surface area contributed by atoms with Crippen LogP contribution in [0.4, 0.5) is 0 Å². The summed E-state index contributed by atoms with van der Waals surface area (Å²) in [5, 5.41) is 4.15. The number of benzene rings is 1. The molecule has 0 heterocycles.